The van der Waals surface area contributed by atoms with Crippen LogP contribution in [-0.2, 0) is 19.5 Å². The van der Waals surface area contributed by atoms with Gasteiger partial charge >= 0.3 is 5.69 Å². The van der Waals surface area contributed by atoms with Crippen molar-refractivity contribution in [3.63, 3.8) is 0 Å². The number of pyridine rings is 1. The Morgan fingerprint density at radius 2 is 1.85 bits per heavy atom. The molecule has 4 aromatic heterocycles. The number of nitrogens with one attached hydrogen (secondary N) is 1. The van der Waals surface area contributed by atoms with E-state index in [1.54, 1.807) is 10.8 Å². The van der Waals surface area contributed by atoms with E-state index in [2.05, 4.69) is 44.0 Å². The minimum Gasteiger partial charge on any atom is -0.334 e. The van der Waals surface area contributed by atoms with E-state index in [1.165, 1.54) is 0 Å². The smallest absolute Gasteiger partial charge is 0.334 e. The van der Waals surface area contributed by atoms with Crippen molar-refractivity contribution < 1.29 is 0 Å². The van der Waals surface area contributed by atoms with E-state index in [1.807, 2.05) is 65.6 Å². The molecule has 9 heteroatoms. The average Bonchev–Trinajstić information content (AvgIpc) is 3.62. The number of aryl methyl sites for hydroxylation is 2. The Hall–Kier alpha value is -4.27. The fraction of sp³-hybridized carbons (Fsp3) is 0.240. The van der Waals surface area contributed by atoms with E-state index in [0.29, 0.717) is 12.4 Å². The molecule has 0 amide bonds. The lowest BCUT2D eigenvalue weighted by Crippen LogP contribution is -2.26. The van der Waals surface area contributed by atoms with Gasteiger partial charge in [0, 0.05) is 42.6 Å². The first kappa shape index (κ1) is 21.6. The second kappa shape index (κ2) is 9.30. The highest BCUT2D eigenvalue weighted by Crippen LogP contribution is 2.26. The zero-order valence-electron chi connectivity index (χ0n) is 19.2. The minimum absolute atomic E-state index is 0.0425. The standard InChI is InChI=1S/C25H26N8O/c1-3-6-21-17-33(23-7-5-14-31(23)4-2)25(34)32(21)16-20-15-26-13-12-22(20)18-8-10-19(11-9-18)24-27-29-30-28-24/h5,7-15,17H,3-4,6,16H2,1-2H3,(H,27,28,29,30). The van der Waals surface area contributed by atoms with E-state index < -0.39 is 0 Å². The molecule has 0 aliphatic rings. The highest BCUT2D eigenvalue weighted by Gasteiger charge is 2.16. The van der Waals surface area contributed by atoms with E-state index in [-0.39, 0.29) is 5.69 Å². The monoisotopic (exact) mass is 454 g/mol. The van der Waals surface area contributed by atoms with Crippen molar-refractivity contribution in [2.24, 2.45) is 0 Å². The molecule has 1 N–H and O–H groups in total. The number of rotatable bonds is 8. The van der Waals surface area contributed by atoms with Gasteiger partial charge in [0.25, 0.3) is 0 Å². The lowest BCUT2D eigenvalue weighted by molar-refractivity contribution is 0.676. The van der Waals surface area contributed by atoms with Gasteiger partial charge in [0.05, 0.1) is 6.54 Å². The number of imidazole rings is 1. The van der Waals surface area contributed by atoms with Crippen LogP contribution in [0, 0.1) is 0 Å². The Bertz CT molecular complexity index is 1440. The molecule has 0 unspecified atom stereocenters. The predicted octanol–water partition coefficient (Wildman–Crippen LogP) is 3.70. The van der Waals surface area contributed by atoms with E-state index in [9.17, 15) is 4.79 Å². The van der Waals surface area contributed by atoms with Crippen LogP contribution in [0.3, 0.4) is 0 Å². The molecule has 0 saturated heterocycles. The Morgan fingerprint density at radius 3 is 2.59 bits per heavy atom. The van der Waals surface area contributed by atoms with Crippen molar-refractivity contribution in [3.05, 3.63) is 89.0 Å². The lowest BCUT2D eigenvalue weighted by Gasteiger charge is -2.12. The van der Waals surface area contributed by atoms with Crippen LogP contribution in [0.4, 0.5) is 0 Å². The van der Waals surface area contributed by atoms with Gasteiger partial charge in [-0.25, -0.2) is 4.79 Å². The molecule has 0 aliphatic carbocycles. The maximum atomic E-state index is 13.5. The van der Waals surface area contributed by atoms with Gasteiger partial charge < -0.3 is 4.57 Å². The summed E-state index contributed by atoms with van der Waals surface area (Å²) in [7, 11) is 0. The van der Waals surface area contributed by atoms with Crippen LogP contribution in [0.25, 0.3) is 28.3 Å². The summed E-state index contributed by atoms with van der Waals surface area (Å²) >= 11 is 0. The average molecular weight is 455 g/mol. The molecule has 1 aromatic carbocycles. The van der Waals surface area contributed by atoms with Crippen molar-refractivity contribution in [3.8, 4) is 28.3 Å². The van der Waals surface area contributed by atoms with Crippen LogP contribution >= 0.6 is 0 Å². The fourth-order valence-corrected chi connectivity index (χ4v) is 4.30. The van der Waals surface area contributed by atoms with Gasteiger partial charge in [-0.05, 0) is 53.4 Å². The van der Waals surface area contributed by atoms with Gasteiger partial charge in [0.15, 0.2) is 0 Å². The van der Waals surface area contributed by atoms with Crippen molar-refractivity contribution in [1.29, 1.82) is 0 Å². The Labute approximate surface area is 196 Å². The normalized spacial score (nSPS) is 11.2. The Kier molecular flexibility index (Phi) is 5.90. The number of nitrogens with zero attached hydrogens (tertiary/aromatic N) is 7. The molecule has 5 aromatic rings. The molecular formula is C25H26N8O. The first-order valence-electron chi connectivity index (χ1n) is 11.4. The number of aromatic amines is 1. The topological polar surface area (TPSA) is 99.2 Å². The summed E-state index contributed by atoms with van der Waals surface area (Å²) in [5.41, 5.74) is 4.91. The maximum absolute atomic E-state index is 13.5. The second-order valence-corrected chi connectivity index (χ2v) is 8.11. The van der Waals surface area contributed by atoms with Crippen molar-refractivity contribution in [2.75, 3.05) is 0 Å². The third-order valence-corrected chi connectivity index (χ3v) is 5.99. The highest BCUT2D eigenvalue weighted by atomic mass is 16.1. The first-order chi connectivity index (χ1) is 16.7. The molecule has 4 heterocycles. The van der Waals surface area contributed by atoms with E-state index >= 15 is 0 Å². The molecule has 0 atom stereocenters. The largest absolute Gasteiger partial charge is 0.334 e. The molecule has 0 aliphatic heterocycles. The van der Waals surface area contributed by atoms with Gasteiger partial charge in [0.2, 0.25) is 5.82 Å². The SMILES string of the molecule is CCCc1cn(-c2cccn2CC)c(=O)n1Cc1cnccc1-c1ccc(-c2nn[nH]n2)cc1. The minimum atomic E-state index is -0.0425. The number of hydrogen-bond donors (Lipinski definition) is 1. The molecule has 9 nitrogen and oxygen atoms in total. The van der Waals surface area contributed by atoms with Gasteiger partial charge in [-0.3, -0.25) is 14.1 Å². The summed E-state index contributed by atoms with van der Waals surface area (Å²) in [5.74, 6) is 1.43. The molecule has 0 bridgehead atoms. The summed E-state index contributed by atoms with van der Waals surface area (Å²) in [6.45, 7) is 5.45. The molecule has 0 fully saturated rings. The Morgan fingerprint density at radius 1 is 1.03 bits per heavy atom. The molecule has 0 saturated carbocycles. The first-order valence-corrected chi connectivity index (χ1v) is 11.4. The summed E-state index contributed by atoms with van der Waals surface area (Å²) in [4.78, 5) is 17.9. The second-order valence-electron chi connectivity index (χ2n) is 8.11. The number of hydrogen-bond acceptors (Lipinski definition) is 5. The molecule has 172 valence electrons. The molecule has 0 spiro atoms. The third-order valence-electron chi connectivity index (χ3n) is 5.99. The van der Waals surface area contributed by atoms with Crippen LogP contribution < -0.4 is 5.69 Å². The number of H-pyrrole nitrogens is 1. The summed E-state index contributed by atoms with van der Waals surface area (Å²) in [6, 6.07) is 13.9. The molecule has 5 rings (SSSR count). The molecule has 34 heavy (non-hydrogen) atoms. The predicted molar refractivity (Wildman–Crippen MR) is 130 cm³/mol. The highest BCUT2D eigenvalue weighted by molar-refractivity contribution is 5.69. The lowest BCUT2D eigenvalue weighted by atomic mass is 10.00. The summed E-state index contributed by atoms with van der Waals surface area (Å²) in [6.07, 6.45) is 9.37. The van der Waals surface area contributed by atoms with Crippen LogP contribution in [0.2, 0.25) is 0 Å². The zero-order chi connectivity index (χ0) is 23.5. The zero-order valence-corrected chi connectivity index (χ0v) is 19.2. The molecule has 0 radical (unpaired) electrons. The van der Waals surface area contributed by atoms with Crippen LogP contribution in [0.15, 0.2) is 72.0 Å². The van der Waals surface area contributed by atoms with Gasteiger partial charge in [-0.15, -0.1) is 10.2 Å². The van der Waals surface area contributed by atoms with Crippen molar-refractivity contribution >= 4 is 0 Å². The summed E-state index contributed by atoms with van der Waals surface area (Å²) < 4.78 is 5.69. The quantitative estimate of drug-likeness (QED) is 0.385. The van der Waals surface area contributed by atoms with Crippen LogP contribution in [0.5, 0.6) is 0 Å². The van der Waals surface area contributed by atoms with Crippen LogP contribution in [0.1, 0.15) is 31.5 Å². The maximum Gasteiger partial charge on any atom is 0.334 e. The van der Waals surface area contributed by atoms with E-state index in [4.69, 9.17) is 0 Å². The number of aromatic nitrogens is 8. The summed E-state index contributed by atoms with van der Waals surface area (Å²) in [5, 5.41) is 14.2. The molecular weight excluding hydrogens is 428 g/mol. The fourth-order valence-electron chi connectivity index (χ4n) is 4.30. The van der Waals surface area contributed by atoms with Gasteiger partial charge in [-0.1, -0.05) is 37.6 Å². The van der Waals surface area contributed by atoms with E-state index in [0.717, 1.165) is 53.2 Å². The van der Waals surface area contributed by atoms with Crippen LogP contribution in [-0.4, -0.2) is 39.3 Å². The van der Waals surface area contributed by atoms with Crippen molar-refractivity contribution in [1.82, 2.24) is 39.3 Å². The number of tetrazole rings is 1. The number of benzene rings is 1. The van der Waals surface area contributed by atoms with Gasteiger partial charge in [-0.2, -0.15) is 5.21 Å². The Balaban J connectivity index is 1.53. The third kappa shape index (κ3) is 3.96. The van der Waals surface area contributed by atoms with Crippen molar-refractivity contribution in [2.45, 2.75) is 39.8 Å². The van der Waals surface area contributed by atoms with Gasteiger partial charge in [0.1, 0.15) is 5.82 Å².